The number of amides is 1. The monoisotopic (exact) mass is 489 g/mol. The molecule has 0 atom stereocenters. The molecule has 1 aromatic heterocycles. The maximum absolute atomic E-state index is 13.3. The number of carbonyl (C=O) groups excluding carboxylic acids is 1. The van der Waals surface area contributed by atoms with Crippen LogP contribution in [-0.4, -0.2) is 67.2 Å². The van der Waals surface area contributed by atoms with Gasteiger partial charge in [-0.15, -0.1) is 0 Å². The van der Waals surface area contributed by atoms with Gasteiger partial charge in [0.2, 0.25) is 5.91 Å². The van der Waals surface area contributed by atoms with Crippen LogP contribution in [0.25, 0.3) is 0 Å². The number of hydrogen-bond donors (Lipinski definition) is 0. The molecule has 0 bridgehead atoms. The number of piperidine rings is 1. The molecule has 2 saturated heterocycles. The Bertz CT molecular complexity index is 1130. The van der Waals surface area contributed by atoms with Crippen LogP contribution in [0.5, 0.6) is 5.75 Å². The van der Waals surface area contributed by atoms with Gasteiger partial charge in [0.1, 0.15) is 10.8 Å². The van der Waals surface area contributed by atoms with Crippen molar-refractivity contribution in [2.24, 2.45) is 5.92 Å². The summed E-state index contributed by atoms with van der Waals surface area (Å²) in [6.45, 7) is 4.86. The Morgan fingerprint density at radius 2 is 1.63 bits per heavy atom. The van der Waals surface area contributed by atoms with Crippen LogP contribution in [0.15, 0.2) is 76.9 Å². The highest BCUT2D eigenvalue weighted by Crippen LogP contribution is 2.34. The SMILES string of the molecule is COc1cccc(N2CCN(C(=O)C3CCN(c4nccnc4Sc4ccccc4)CC3)CC2)c1. The molecule has 2 fully saturated rings. The molecule has 3 heterocycles. The first-order valence-electron chi connectivity index (χ1n) is 12.2. The summed E-state index contributed by atoms with van der Waals surface area (Å²) in [5.41, 5.74) is 1.15. The van der Waals surface area contributed by atoms with Gasteiger partial charge in [-0.3, -0.25) is 4.79 Å². The van der Waals surface area contributed by atoms with Crippen molar-refractivity contribution in [3.05, 3.63) is 67.0 Å². The molecule has 0 N–H and O–H groups in total. The molecule has 0 spiro atoms. The largest absolute Gasteiger partial charge is 0.497 e. The van der Waals surface area contributed by atoms with E-state index in [4.69, 9.17) is 4.74 Å². The Balaban J connectivity index is 1.15. The third-order valence-electron chi connectivity index (χ3n) is 6.76. The minimum absolute atomic E-state index is 0.0801. The third kappa shape index (κ3) is 5.53. The van der Waals surface area contributed by atoms with Gasteiger partial charge in [-0.25, -0.2) is 9.97 Å². The van der Waals surface area contributed by atoms with Crippen LogP contribution in [0.1, 0.15) is 12.8 Å². The van der Waals surface area contributed by atoms with Crippen molar-refractivity contribution in [1.29, 1.82) is 0 Å². The van der Waals surface area contributed by atoms with Gasteiger partial charge in [0, 0.05) is 74.2 Å². The van der Waals surface area contributed by atoms with Gasteiger partial charge < -0.3 is 19.4 Å². The van der Waals surface area contributed by atoms with E-state index in [-0.39, 0.29) is 5.92 Å². The molecule has 2 aliphatic rings. The van der Waals surface area contributed by atoms with E-state index in [1.54, 1.807) is 31.3 Å². The summed E-state index contributed by atoms with van der Waals surface area (Å²) in [6.07, 6.45) is 5.20. The second-order valence-corrected chi connectivity index (χ2v) is 9.94. The van der Waals surface area contributed by atoms with E-state index in [2.05, 4.69) is 48.9 Å². The summed E-state index contributed by atoms with van der Waals surface area (Å²) >= 11 is 1.64. The number of rotatable bonds is 6. The second kappa shape index (κ2) is 11.0. The van der Waals surface area contributed by atoms with Crippen LogP contribution < -0.4 is 14.5 Å². The predicted octanol–water partition coefficient (Wildman–Crippen LogP) is 4.20. The maximum Gasteiger partial charge on any atom is 0.225 e. The van der Waals surface area contributed by atoms with Crippen LogP contribution in [0.3, 0.4) is 0 Å². The van der Waals surface area contributed by atoms with Gasteiger partial charge in [0.15, 0.2) is 5.82 Å². The van der Waals surface area contributed by atoms with Gasteiger partial charge in [-0.1, -0.05) is 36.0 Å². The van der Waals surface area contributed by atoms with Crippen LogP contribution in [0, 0.1) is 5.92 Å². The van der Waals surface area contributed by atoms with E-state index < -0.39 is 0 Å². The van der Waals surface area contributed by atoms with Gasteiger partial charge >= 0.3 is 0 Å². The zero-order chi connectivity index (χ0) is 24.0. The minimum atomic E-state index is 0.0801. The van der Waals surface area contributed by atoms with Gasteiger partial charge in [0.25, 0.3) is 0 Å². The summed E-state index contributed by atoms with van der Waals surface area (Å²) in [5, 5.41) is 0.914. The number of carbonyl (C=O) groups is 1. The number of anilines is 2. The third-order valence-corrected chi connectivity index (χ3v) is 7.75. The topological polar surface area (TPSA) is 61.8 Å². The number of nitrogens with zero attached hydrogens (tertiary/aromatic N) is 5. The molecule has 2 aromatic carbocycles. The van der Waals surface area contributed by atoms with E-state index >= 15 is 0 Å². The molecule has 8 heteroatoms. The standard InChI is InChI=1S/C27H31N5O2S/c1-34-23-7-5-6-22(20-23)30-16-18-32(19-17-30)27(33)21-10-14-31(15-11-21)25-26(29-13-12-28-25)35-24-8-3-2-4-9-24/h2-9,12-13,20-21H,10-11,14-19H2,1H3. The highest BCUT2D eigenvalue weighted by Gasteiger charge is 2.31. The molecule has 3 aromatic rings. The number of hydrogen-bond acceptors (Lipinski definition) is 7. The van der Waals surface area contributed by atoms with Crippen molar-refractivity contribution < 1.29 is 9.53 Å². The normalized spacial score (nSPS) is 16.9. The lowest BCUT2D eigenvalue weighted by Crippen LogP contribution is -2.51. The minimum Gasteiger partial charge on any atom is -0.497 e. The molecule has 1 amide bonds. The molecular formula is C27H31N5O2S. The van der Waals surface area contributed by atoms with Crippen LogP contribution in [-0.2, 0) is 4.79 Å². The van der Waals surface area contributed by atoms with Crippen LogP contribution >= 0.6 is 11.8 Å². The molecule has 0 radical (unpaired) electrons. The average molecular weight is 490 g/mol. The van der Waals surface area contributed by atoms with Crippen molar-refractivity contribution in [3.8, 4) is 5.75 Å². The van der Waals surface area contributed by atoms with E-state index in [1.165, 1.54) is 0 Å². The first-order valence-corrected chi connectivity index (χ1v) is 13.0. The zero-order valence-electron chi connectivity index (χ0n) is 20.0. The van der Waals surface area contributed by atoms with Crippen molar-refractivity contribution in [3.63, 3.8) is 0 Å². The number of aromatic nitrogens is 2. The molecule has 5 rings (SSSR count). The lowest BCUT2D eigenvalue weighted by molar-refractivity contribution is -0.136. The lowest BCUT2D eigenvalue weighted by atomic mass is 9.95. The summed E-state index contributed by atoms with van der Waals surface area (Å²) in [6, 6.07) is 18.4. The number of benzene rings is 2. The number of methoxy groups -OCH3 is 1. The number of ether oxygens (including phenoxy) is 1. The van der Waals surface area contributed by atoms with Crippen molar-refractivity contribution in [2.45, 2.75) is 22.8 Å². The molecule has 2 aliphatic heterocycles. The molecule has 0 saturated carbocycles. The summed E-state index contributed by atoms with van der Waals surface area (Å²) in [7, 11) is 1.69. The average Bonchev–Trinajstić information content (AvgIpc) is 2.94. The molecule has 0 unspecified atom stereocenters. The molecule has 35 heavy (non-hydrogen) atoms. The van der Waals surface area contributed by atoms with Gasteiger partial charge in [0.05, 0.1) is 7.11 Å². The van der Waals surface area contributed by atoms with E-state index in [0.717, 1.165) is 79.3 Å². The fraction of sp³-hybridized carbons (Fsp3) is 0.370. The smallest absolute Gasteiger partial charge is 0.225 e. The van der Waals surface area contributed by atoms with E-state index in [0.29, 0.717) is 5.91 Å². The Labute approximate surface area is 211 Å². The Hall–Kier alpha value is -3.26. The van der Waals surface area contributed by atoms with Gasteiger partial charge in [-0.05, 0) is 37.1 Å². The van der Waals surface area contributed by atoms with Gasteiger partial charge in [-0.2, -0.15) is 0 Å². The highest BCUT2D eigenvalue weighted by atomic mass is 32.2. The first-order chi connectivity index (χ1) is 17.2. The van der Waals surface area contributed by atoms with E-state index in [1.807, 2.05) is 30.3 Å². The lowest BCUT2D eigenvalue weighted by Gasteiger charge is -2.39. The fourth-order valence-corrected chi connectivity index (χ4v) is 5.70. The Morgan fingerprint density at radius 1 is 0.886 bits per heavy atom. The van der Waals surface area contributed by atoms with Crippen molar-refractivity contribution >= 4 is 29.2 Å². The van der Waals surface area contributed by atoms with E-state index in [9.17, 15) is 4.79 Å². The zero-order valence-corrected chi connectivity index (χ0v) is 20.9. The molecule has 0 aliphatic carbocycles. The fourth-order valence-electron chi connectivity index (χ4n) is 4.80. The second-order valence-electron chi connectivity index (χ2n) is 8.88. The van der Waals surface area contributed by atoms with Crippen LogP contribution in [0.2, 0.25) is 0 Å². The first kappa shape index (κ1) is 23.5. The summed E-state index contributed by atoms with van der Waals surface area (Å²) in [4.78, 5) is 30.3. The molecule has 182 valence electrons. The summed E-state index contributed by atoms with van der Waals surface area (Å²) < 4.78 is 5.36. The molecular weight excluding hydrogens is 458 g/mol. The maximum atomic E-state index is 13.3. The predicted molar refractivity (Wildman–Crippen MR) is 139 cm³/mol. The Morgan fingerprint density at radius 3 is 2.37 bits per heavy atom. The van der Waals surface area contributed by atoms with Crippen LogP contribution in [0.4, 0.5) is 11.5 Å². The summed E-state index contributed by atoms with van der Waals surface area (Å²) in [5.74, 6) is 2.16. The van der Waals surface area contributed by atoms with Crippen molar-refractivity contribution in [1.82, 2.24) is 14.9 Å². The highest BCUT2D eigenvalue weighted by molar-refractivity contribution is 7.99. The quantitative estimate of drug-likeness (QED) is 0.514. The number of piperazine rings is 1. The molecule has 7 nitrogen and oxygen atoms in total. The Kier molecular flexibility index (Phi) is 7.37. The van der Waals surface area contributed by atoms with Crippen molar-refractivity contribution in [2.75, 3.05) is 56.2 Å².